The highest BCUT2D eigenvalue weighted by atomic mass is 35.5. The number of hydrogen-bond acceptors (Lipinski definition) is 7. The highest BCUT2D eigenvalue weighted by molar-refractivity contribution is 8.15. The first-order chi connectivity index (χ1) is 18.0. The van der Waals surface area contributed by atoms with Crippen molar-refractivity contribution in [1.82, 2.24) is 4.90 Å². The molecule has 1 unspecified atom stereocenters. The summed E-state index contributed by atoms with van der Waals surface area (Å²) in [4.78, 5) is 32.8. The molecule has 1 N–H and O–H groups in total. The monoisotopic (exact) mass is 537 g/mol. The summed E-state index contributed by atoms with van der Waals surface area (Å²) in [6, 6.07) is 19.7. The van der Waals surface area contributed by atoms with Crippen molar-refractivity contribution < 1.29 is 23.8 Å². The highest BCUT2D eigenvalue weighted by Gasteiger charge is 2.36. The number of amidine groups is 1. The van der Waals surface area contributed by atoms with Crippen molar-refractivity contribution in [3.05, 3.63) is 77.3 Å². The van der Waals surface area contributed by atoms with Crippen LogP contribution in [0.15, 0.2) is 71.7 Å². The van der Waals surface area contributed by atoms with Crippen LogP contribution in [0.3, 0.4) is 0 Å². The quantitative estimate of drug-likeness (QED) is 0.420. The Morgan fingerprint density at radius 3 is 2.62 bits per heavy atom. The van der Waals surface area contributed by atoms with E-state index in [0.717, 1.165) is 11.3 Å². The Labute approximate surface area is 223 Å². The third kappa shape index (κ3) is 6.00. The molecular weight excluding hydrogens is 514 g/mol. The molecule has 5 rings (SSSR count). The summed E-state index contributed by atoms with van der Waals surface area (Å²) >= 11 is 7.21. The Morgan fingerprint density at radius 2 is 1.86 bits per heavy atom. The number of rotatable bonds is 7. The van der Waals surface area contributed by atoms with E-state index < -0.39 is 5.25 Å². The van der Waals surface area contributed by atoms with Crippen LogP contribution in [-0.2, 0) is 16.1 Å². The molecule has 1 saturated heterocycles. The second-order valence-corrected chi connectivity index (χ2v) is 9.90. The molecule has 10 heteroatoms. The number of carbonyl (C=O) groups is 2. The number of fused-ring (bicyclic) bond motifs is 1. The lowest BCUT2D eigenvalue weighted by Gasteiger charge is -2.32. The van der Waals surface area contributed by atoms with E-state index in [9.17, 15) is 9.59 Å². The van der Waals surface area contributed by atoms with Crippen molar-refractivity contribution in [3.63, 3.8) is 0 Å². The van der Waals surface area contributed by atoms with Crippen molar-refractivity contribution in [2.24, 2.45) is 4.99 Å². The van der Waals surface area contributed by atoms with Gasteiger partial charge in [0.25, 0.3) is 0 Å². The fourth-order valence-electron chi connectivity index (χ4n) is 3.87. The van der Waals surface area contributed by atoms with Crippen molar-refractivity contribution in [1.29, 1.82) is 0 Å². The number of nitrogens with one attached hydrogen (secondary N) is 1. The Kier molecular flexibility index (Phi) is 7.52. The van der Waals surface area contributed by atoms with E-state index >= 15 is 0 Å². The number of amides is 2. The molecule has 3 aromatic carbocycles. The van der Waals surface area contributed by atoms with Gasteiger partial charge in [-0.25, -0.2) is 4.99 Å². The summed E-state index contributed by atoms with van der Waals surface area (Å²) in [5.41, 5.74) is 2.12. The van der Waals surface area contributed by atoms with Gasteiger partial charge in [-0.05, 0) is 73.2 Å². The Hall–Kier alpha value is -3.69. The molecule has 0 spiro atoms. The molecule has 190 valence electrons. The minimum absolute atomic E-state index is 0.0386. The zero-order valence-electron chi connectivity index (χ0n) is 20.0. The largest absolute Gasteiger partial charge is 0.494 e. The lowest BCUT2D eigenvalue weighted by Crippen LogP contribution is -2.44. The molecule has 0 aromatic heterocycles. The van der Waals surface area contributed by atoms with Crippen molar-refractivity contribution in [2.75, 3.05) is 18.7 Å². The van der Waals surface area contributed by atoms with E-state index in [4.69, 9.17) is 30.8 Å². The smallest absolute Gasteiger partial charge is 0.238 e. The van der Waals surface area contributed by atoms with Crippen LogP contribution in [0, 0.1) is 0 Å². The highest BCUT2D eigenvalue weighted by Crippen LogP contribution is 2.35. The van der Waals surface area contributed by atoms with Gasteiger partial charge >= 0.3 is 0 Å². The standard InChI is InChI=1S/C27H24ClN3O5S/c1-2-34-21-10-8-20(9-11-21)30-27-31(15-17-3-12-22-23(13-17)36-16-35-22)25(32)14-24(37-27)26(33)29-19-6-4-18(28)5-7-19/h3-13,24H,2,14-16H2,1H3,(H,29,33). The molecule has 0 radical (unpaired) electrons. The number of ether oxygens (including phenoxy) is 3. The topological polar surface area (TPSA) is 89.5 Å². The van der Waals surface area contributed by atoms with E-state index in [1.54, 1.807) is 29.2 Å². The predicted molar refractivity (Wildman–Crippen MR) is 144 cm³/mol. The average molecular weight is 538 g/mol. The van der Waals surface area contributed by atoms with Crippen molar-refractivity contribution in [2.45, 2.75) is 25.1 Å². The Balaban J connectivity index is 1.40. The van der Waals surface area contributed by atoms with E-state index in [1.165, 1.54) is 11.8 Å². The summed E-state index contributed by atoms with van der Waals surface area (Å²) < 4.78 is 16.4. The maximum absolute atomic E-state index is 13.3. The molecule has 3 aromatic rings. The van der Waals surface area contributed by atoms with Gasteiger partial charge in [-0.15, -0.1) is 0 Å². The summed E-state index contributed by atoms with van der Waals surface area (Å²) in [5.74, 6) is 1.57. The van der Waals surface area contributed by atoms with E-state index in [1.807, 2.05) is 49.4 Å². The molecule has 2 aliphatic rings. The second-order valence-electron chi connectivity index (χ2n) is 8.30. The number of aliphatic imine (C=N–C) groups is 1. The molecule has 1 fully saturated rings. The second kappa shape index (κ2) is 11.1. The molecular formula is C27H24ClN3O5S. The number of anilines is 1. The molecule has 0 bridgehead atoms. The number of hydrogen-bond donors (Lipinski definition) is 1. The van der Waals surface area contributed by atoms with Crippen LogP contribution < -0.4 is 19.5 Å². The minimum Gasteiger partial charge on any atom is -0.494 e. The van der Waals surface area contributed by atoms with Gasteiger partial charge in [0.15, 0.2) is 16.7 Å². The molecule has 0 aliphatic carbocycles. The average Bonchev–Trinajstić information content (AvgIpc) is 3.36. The van der Waals surface area contributed by atoms with Crippen molar-refractivity contribution in [3.8, 4) is 17.2 Å². The first kappa shape index (κ1) is 25.0. The van der Waals surface area contributed by atoms with E-state index in [2.05, 4.69) is 5.32 Å². The molecule has 8 nitrogen and oxygen atoms in total. The van der Waals surface area contributed by atoms with Gasteiger partial charge in [0, 0.05) is 17.1 Å². The lowest BCUT2D eigenvalue weighted by molar-refractivity contribution is -0.129. The van der Waals surface area contributed by atoms with Crippen LogP contribution in [-0.4, -0.2) is 40.5 Å². The van der Waals surface area contributed by atoms with Gasteiger partial charge in [-0.3, -0.25) is 14.5 Å². The summed E-state index contributed by atoms with van der Waals surface area (Å²) in [6.07, 6.45) is 0.0386. The molecule has 2 heterocycles. The molecule has 2 amide bonds. The fraction of sp³-hybridized carbons (Fsp3) is 0.222. The fourth-order valence-corrected chi connectivity index (χ4v) is 5.09. The Morgan fingerprint density at radius 1 is 1.11 bits per heavy atom. The van der Waals surface area contributed by atoms with Crippen LogP contribution in [0.1, 0.15) is 18.9 Å². The van der Waals surface area contributed by atoms with Gasteiger partial charge in [-0.2, -0.15) is 0 Å². The predicted octanol–water partition coefficient (Wildman–Crippen LogP) is 5.63. The van der Waals surface area contributed by atoms with Gasteiger partial charge in [0.2, 0.25) is 18.6 Å². The van der Waals surface area contributed by atoms with Crippen LogP contribution >= 0.6 is 23.4 Å². The molecule has 37 heavy (non-hydrogen) atoms. The zero-order chi connectivity index (χ0) is 25.8. The summed E-state index contributed by atoms with van der Waals surface area (Å²) in [5, 5.41) is 3.24. The first-order valence-corrected chi connectivity index (χ1v) is 13.0. The Bertz CT molecular complexity index is 1330. The van der Waals surface area contributed by atoms with E-state index in [0.29, 0.717) is 39.7 Å². The molecule has 1 atom stereocenters. The van der Waals surface area contributed by atoms with Crippen LogP contribution in [0.2, 0.25) is 5.02 Å². The summed E-state index contributed by atoms with van der Waals surface area (Å²) in [6.45, 7) is 2.93. The molecule has 2 aliphatic heterocycles. The van der Waals surface area contributed by atoms with Crippen molar-refractivity contribution >= 4 is 51.7 Å². The zero-order valence-corrected chi connectivity index (χ0v) is 21.6. The number of benzene rings is 3. The lowest BCUT2D eigenvalue weighted by atomic mass is 10.1. The third-order valence-electron chi connectivity index (χ3n) is 5.69. The maximum Gasteiger partial charge on any atom is 0.238 e. The summed E-state index contributed by atoms with van der Waals surface area (Å²) in [7, 11) is 0. The third-order valence-corrected chi connectivity index (χ3v) is 7.13. The number of thioether (sulfide) groups is 1. The van der Waals surface area contributed by atoms with Gasteiger partial charge in [0.1, 0.15) is 11.0 Å². The van der Waals surface area contributed by atoms with Gasteiger partial charge in [-0.1, -0.05) is 29.4 Å². The van der Waals surface area contributed by atoms with Crippen LogP contribution in [0.25, 0.3) is 0 Å². The molecule has 0 saturated carbocycles. The normalized spacial score (nSPS) is 17.7. The van der Waals surface area contributed by atoms with Crippen LogP contribution in [0.4, 0.5) is 11.4 Å². The van der Waals surface area contributed by atoms with Gasteiger partial charge in [0.05, 0.1) is 18.8 Å². The first-order valence-electron chi connectivity index (χ1n) is 11.7. The minimum atomic E-state index is -0.641. The van der Waals surface area contributed by atoms with E-state index in [-0.39, 0.29) is 31.6 Å². The van der Waals surface area contributed by atoms with Gasteiger partial charge < -0.3 is 19.5 Å². The maximum atomic E-state index is 13.3. The SMILES string of the molecule is CCOc1ccc(N=C2SC(C(=O)Nc3ccc(Cl)cc3)CC(=O)N2Cc2ccc3c(c2)OCO3)cc1. The number of carbonyl (C=O) groups excluding carboxylic acids is 2. The number of nitrogens with zero attached hydrogens (tertiary/aromatic N) is 2. The number of halogens is 1. The van der Waals surface area contributed by atoms with Crippen LogP contribution in [0.5, 0.6) is 17.2 Å².